The van der Waals surface area contributed by atoms with Crippen molar-refractivity contribution in [3.05, 3.63) is 52.1 Å². The van der Waals surface area contributed by atoms with Crippen LogP contribution in [-0.4, -0.2) is 121 Å². The Hall–Kier alpha value is -3.67. The summed E-state index contributed by atoms with van der Waals surface area (Å²) in [5.41, 5.74) is -0.698. The van der Waals surface area contributed by atoms with Gasteiger partial charge in [-0.2, -0.15) is 0 Å². The monoisotopic (exact) mass is 620 g/mol. The molecule has 0 aromatic heterocycles. The number of aliphatic hydroxyl groups excluding tert-OH is 5. The average molecular weight is 621 g/mol. The minimum absolute atomic E-state index is 0.0206. The zero-order valence-electron chi connectivity index (χ0n) is 23.7. The zero-order valence-corrected chi connectivity index (χ0v) is 23.7. The Morgan fingerprint density at radius 3 is 2.23 bits per heavy atom. The van der Waals surface area contributed by atoms with Gasteiger partial charge in [-0.3, -0.25) is 14.4 Å². The van der Waals surface area contributed by atoms with Crippen molar-refractivity contribution in [2.45, 2.75) is 82.2 Å². The van der Waals surface area contributed by atoms with E-state index < -0.39 is 91.3 Å². The number of phenols is 2. The summed E-state index contributed by atoms with van der Waals surface area (Å²) in [5, 5.41) is 73.5. The van der Waals surface area contributed by atoms with Gasteiger partial charge in [-0.25, -0.2) is 0 Å². The number of aromatic hydroxyl groups is 2. The van der Waals surface area contributed by atoms with Gasteiger partial charge in [0.15, 0.2) is 24.0 Å². The van der Waals surface area contributed by atoms with E-state index in [4.69, 9.17) is 23.7 Å². The Morgan fingerprint density at radius 2 is 1.55 bits per heavy atom. The fourth-order valence-corrected chi connectivity index (χ4v) is 5.36. The van der Waals surface area contributed by atoms with Crippen LogP contribution >= 0.6 is 0 Å². The number of hydrogen-bond acceptors (Lipinski definition) is 15. The quantitative estimate of drug-likeness (QED) is 0.160. The number of rotatable bonds is 6. The van der Waals surface area contributed by atoms with Gasteiger partial charge in [0.05, 0.1) is 11.7 Å². The standard InChI is InChI=1S/C29H32O15/c1-9-16(7-15-18(19(9)32)22(35)13-5-4-12(31)6-14(13)21(15)34)42-29-27(25(38)23(36)17(43-29)8-40-11(3)30)44-28-26(39)24(37)20(33)10(2)41-28/h4-7,10,17,20,23-29,31-33,36-39H,8H2,1-3H3/t10-,17+,20-,23?,24+,25-,26+,27+,28-,29+/m0/s1. The molecule has 0 radical (unpaired) electrons. The van der Waals surface area contributed by atoms with Crippen LogP contribution in [0.1, 0.15) is 51.3 Å². The van der Waals surface area contributed by atoms with E-state index in [1.807, 2.05) is 0 Å². The van der Waals surface area contributed by atoms with Crippen LogP contribution in [0.15, 0.2) is 24.3 Å². The molecule has 2 aliphatic heterocycles. The molecule has 2 aromatic rings. The smallest absolute Gasteiger partial charge is 0.302 e. The summed E-state index contributed by atoms with van der Waals surface area (Å²) in [5.74, 6) is -3.15. The van der Waals surface area contributed by atoms with Gasteiger partial charge in [-0.15, -0.1) is 0 Å². The van der Waals surface area contributed by atoms with Gasteiger partial charge in [0.25, 0.3) is 0 Å². The van der Waals surface area contributed by atoms with Crippen molar-refractivity contribution < 1.29 is 73.8 Å². The van der Waals surface area contributed by atoms with Crippen LogP contribution in [0, 0.1) is 6.92 Å². The summed E-state index contributed by atoms with van der Waals surface area (Å²) in [7, 11) is 0. The number of benzene rings is 2. The fourth-order valence-electron chi connectivity index (χ4n) is 5.36. The van der Waals surface area contributed by atoms with Crippen LogP contribution in [0.5, 0.6) is 17.2 Å². The summed E-state index contributed by atoms with van der Waals surface area (Å²) in [4.78, 5) is 38.0. The van der Waals surface area contributed by atoms with Gasteiger partial charge in [-0.1, -0.05) is 0 Å². The van der Waals surface area contributed by atoms with E-state index >= 15 is 0 Å². The summed E-state index contributed by atoms with van der Waals surface area (Å²) in [6.45, 7) is 3.37. The summed E-state index contributed by atoms with van der Waals surface area (Å²) in [6, 6.07) is 4.77. The maximum Gasteiger partial charge on any atom is 0.302 e. The molecule has 0 spiro atoms. The first-order valence-electron chi connectivity index (χ1n) is 13.7. The minimum atomic E-state index is -1.84. The highest BCUT2D eigenvalue weighted by Gasteiger charge is 2.51. The molecule has 2 saturated heterocycles. The van der Waals surface area contributed by atoms with Crippen molar-refractivity contribution in [3.8, 4) is 17.2 Å². The molecule has 44 heavy (non-hydrogen) atoms. The number of ketones is 2. The Balaban J connectivity index is 1.51. The van der Waals surface area contributed by atoms with Gasteiger partial charge in [0.1, 0.15) is 60.5 Å². The van der Waals surface area contributed by atoms with Crippen molar-refractivity contribution in [3.63, 3.8) is 0 Å². The first kappa shape index (κ1) is 31.7. The number of hydrogen-bond donors (Lipinski definition) is 7. The largest absolute Gasteiger partial charge is 0.508 e. The van der Waals surface area contributed by atoms with E-state index in [2.05, 4.69) is 0 Å². The molecule has 7 N–H and O–H groups in total. The molecule has 0 saturated carbocycles. The first-order chi connectivity index (χ1) is 20.7. The van der Waals surface area contributed by atoms with Crippen LogP contribution in [0.25, 0.3) is 0 Å². The number of phenolic OH excluding ortho intramolecular Hbond substituents is 2. The Bertz CT molecular complexity index is 1470. The molecule has 10 atom stereocenters. The normalized spacial score (nSPS) is 33.4. The van der Waals surface area contributed by atoms with Crippen molar-refractivity contribution in [1.29, 1.82) is 0 Å². The van der Waals surface area contributed by atoms with Crippen LogP contribution in [0.2, 0.25) is 0 Å². The summed E-state index contributed by atoms with van der Waals surface area (Å²) >= 11 is 0. The van der Waals surface area contributed by atoms with E-state index in [9.17, 15) is 50.1 Å². The molecule has 3 aliphatic rings. The van der Waals surface area contributed by atoms with Crippen LogP contribution in [0.3, 0.4) is 0 Å². The lowest BCUT2D eigenvalue weighted by molar-refractivity contribution is -0.354. The van der Waals surface area contributed by atoms with E-state index in [1.165, 1.54) is 26.0 Å². The lowest BCUT2D eigenvalue weighted by Gasteiger charge is -2.45. The third-order valence-corrected chi connectivity index (χ3v) is 7.91. The van der Waals surface area contributed by atoms with Gasteiger partial charge in [0, 0.05) is 29.2 Å². The highest BCUT2D eigenvalue weighted by molar-refractivity contribution is 6.29. The van der Waals surface area contributed by atoms with E-state index in [-0.39, 0.29) is 39.3 Å². The SMILES string of the molecule is CC(=O)OC[C@H]1O[C@@H](Oc2cc3c(c(O)c2C)C(=O)c2ccc(O)cc2C3=O)[C@H](O[C@@H]2O[C@@H](C)[C@H](O)[C@@H](O)[C@H]2O)[C@@H](O)C1O. The molecule has 2 aromatic carbocycles. The molecular weight excluding hydrogens is 588 g/mol. The Labute approximate surface area is 249 Å². The first-order valence-corrected chi connectivity index (χ1v) is 13.7. The van der Waals surface area contributed by atoms with Gasteiger partial charge in [0.2, 0.25) is 6.29 Å². The number of carbonyl (C=O) groups excluding carboxylic acids is 3. The second kappa shape index (κ2) is 12.0. The third-order valence-electron chi connectivity index (χ3n) is 7.91. The van der Waals surface area contributed by atoms with E-state index in [0.29, 0.717) is 0 Å². The molecule has 0 amide bonds. The molecule has 15 heteroatoms. The lowest BCUT2D eigenvalue weighted by Crippen LogP contribution is -2.64. The van der Waals surface area contributed by atoms with E-state index in [1.54, 1.807) is 0 Å². The third kappa shape index (κ3) is 5.52. The Kier molecular flexibility index (Phi) is 8.67. The molecule has 2 heterocycles. The van der Waals surface area contributed by atoms with Crippen LogP contribution < -0.4 is 4.74 Å². The predicted molar refractivity (Wildman–Crippen MR) is 143 cm³/mol. The topological polar surface area (TPSA) is 239 Å². The molecule has 2 fully saturated rings. The average Bonchev–Trinajstić information content (AvgIpc) is 2.98. The summed E-state index contributed by atoms with van der Waals surface area (Å²) in [6.07, 6.45) is -16.0. The van der Waals surface area contributed by atoms with Gasteiger partial charge in [-0.05, 0) is 38.1 Å². The second-order valence-electron chi connectivity index (χ2n) is 10.9. The predicted octanol–water partition coefficient (Wildman–Crippen LogP) is -1.22. The molecule has 1 unspecified atom stereocenters. The lowest BCUT2D eigenvalue weighted by atomic mass is 9.82. The highest BCUT2D eigenvalue weighted by Crippen LogP contribution is 2.41. The molecule has 238 valence electrons. The van der Waals surface area contributed by atoms with Crippen molar-refractivity contribution in [2.75, 3.05) is 6.61 Å². The number of fused-ring (bicyclic) bond motifs is 2. The van der Waals surface area contributed by atoms with E-state index in [0.717, 1.165) is 19.1 Å². The Morgan fingerprint density at radius 1 is 0.841 bits per heavy atom. The van der Waals surface area contributed by atoms with Crippen LogP contribution in [0.4, 0.5) is 0 Å². The number of ether oxygens (including phenoxy) is 5. The number of aliphatic hydroxyl groups is 5. The zero-order chi connectivity index (χ0) is 32.2. The molecule has 0 bridgehead atoms. The van der Waals surface area contributed by atoms with Crippen molar-refractivity contribution in [2.24, 2.45) is 0 Å². The number of carbonyl (C=O) groups is 3. The fraction of sp³-hybridized carbons (Fsp3) is 0.483. The maximum atomic E-state index is 13.4. The van der Waals surface area contributed by atoms with Gasteiger partial charge >= 0.3 is 5.97 Å². The molecule has 5 rings (SSSR count). The van der Waals surface area contributed by atoms with Crippen molar-refractivity contribution >= 4 is 17.5 Å². The molecule has 15 nitrogen and oxygen atoms in total. The minimum Gasteiger partial charge on any atom is -0.508 e. The molecular formula is C29H32O15. The number of esters is 1. The maximum absolute atomic E-state index is 13.4. The second-order valence-corrected chi connectivity index (χ2v) is 10.9. The van der Waals surface area contributed by atoms with Crippen LogP contribution in [-0.2, 0) is 23.7 Å². The summed E-state index contributed by atoms with van der Waals surface area (Å²) < 4.78 is 27.9. The van der Waals surface area contributed by atoms with Gasteiger partial charge < -0.3 is 59.4 Å². The highest BCUT2D eigenvalue weighted by atomic mass is 16.8. The van der Waals surface area contributed by atoms with Crippen molar-refractivity contribution in [1.82, 2.24) is 0 Å². The molecule has 1 aliphatic carbocycles.